The van der Waals surface area contributed by atoms with Crippen molar-refractivity contribution in [2.45, 2.75) is 6.23 Å². The number of ether oxygens (including phenoxy) is 2. The molecular formula is C15H27N5O7. The number of nitrogens with two attached hydrogens (primary N) is 1. The SMILES string of the molecule is NC(CN(C=O)CN1CCN(COC=O)CCN(CC(=O)O)CC1)OC=O. The maximum Gasteiger partial charge on any atom is 0.317 e. The Hall–Kier alpha value is -2.28. The number of hydrogen-bond donors (Lipinski definition) is 2. The summed E-state index contributed by atoms with van der Waals surface area (Å²) >= 11 is 0. The Kier molecular flexibility index (Phi) is 10.9. The third kappa shape index (κ3) is 9.84. The van der Waals surface area contributed by atoms with E-state index in [1.165, 1.54) is 4.90 Å². The summed E-state index contributed by atoms with van der Waals surface area (Å²) in [6, 6.07) is 0. The van der Waals surface area contributed by atoms with Crippen LogP contribution in [0.3, 0.4) is 0 Å². The van der Waals surface area contributed by atoms with Crippen molar-refractivity contribution in [2.24, 2.45) is 5.73 Å². The lowest BCUT2D eigenvalue weighted by molar-refractivity contribution is -0.138. The van der Waals surface area contributed by atoms with Crippen molar-refractivity contribution in [3.63, 3.8) is 0 Å². The van der Waals surface area contributed by atoms with Gasteiger partial charge >= 0.3 is 5.97 Å². The number of nitrogens with zero attached hydrogens (tertiary/aromatic N) is 4. The number of carboxylic acid groups (broad SMARTS) is 1. The van der Waals surface area contributed by atoms with Gasteiger partial charge in [-0.3, -0.25) is 39.6 Å². The molecule has 1 fully saturated rings. The molecule has 1 saturated heterocycles. The summed E-state index contributed by atoms with van der Waals surface area (Å²) in [6.45, 7) is 4.09. The highest BCUT2D eigenvalue weighted by atomic mass is 16.5. The minimum absolute atomic E-state index is 0.0372. The van der Waals surface area contributed by atoms with Crippen LogP contribution in [0.1, 0.15) is 0 Å². The molecule has 1 aliphatic rings. The summed E-state index contributed by atoms with van der Waals surface area (Å²) in [7, 11) is 0. The number of hydrogen-bond acceptors (Lipinski definition) is 10. The summed E-state index contributed by atoms with van der Waals surface area (Å²) in [5, 5.41) is 9.05. The Morgan fingerprint density at radius 3 is 2.15 bits per heavy atom. The average molecular weight is 389 g/mol. The number of amides is 1. The number of carbonyl (C=O) groups is 4. The van der Waals surface area contributed by atoms with E-state index in [0.29, 0.717) is 52.2 Å². The van der Waals surface area contributed by atoms with Crippen molar-refractivity contribution < 1.29 is 33.8 Å². The molecule has 0 aliphatic carbocycles. The van der Waals surface area contributed by atoms with Gasteiger partial charge in [0.2, 0.25) is 6.41 Å². The van der Waals surface area contributed by atoms with Gasteiger partial charge in [0, 0.05) is 39.3 Å². The van der Waals surface area contributed by atoms with Gasteiger partial charge in [0.15, 0.2) is 6.23 Å². The second-order valence-electron chi connectivity index (χ2n) is 6.09. The fourth-order valence-corrected chi connectivity index (χ4v) is 2.68. The monoisotopic (exact) mass is 389 g/mol. The highest BCUT2D eigenvalue weighted by molar-refractivity contribution is 5.69. The largest absolute Gasteiger partial charge is 0.480 e. The Balaban J connectivity index is 2.71. The Labute approximate surface area is 157 Å². The lowest BCUT2D eigenvalue weighted by Crippen LogP contribution is -2.47. The van der Waals surface area contributed by atoms with E-state index in [1.54, 1.807) is 4.90 Å². The lowest BCUT2D eigenvalue weighted by Gasteiger charge is -2.30. The summed E-state index contributed by atoms with van der Waals surface area (Å²) in [5.41, 5.74) is 5.60. The lowest BCUT2D eigenvalue weighted by atomic mass is 10.4. The molecule has 0 bridgehead atoms. The van der Waals surface area contributed by atoms with E-state index in [-0.39, 0.29) is 33.0 Å². The van der Waals surface area contributed by atoms with Gasteiger partial charge in [-0.05, 0) is 0 Å². The maximum absolute atomic E-state index is 11.3. The van der Waals surface area contributed by atoms with E-state index in [4.69, 9.17) is 15.6 Å². The number of rotatable bonds is 12. The third-order valence-corrected chi connectivity index (χ3v) is 4.06. The van der Waals surface area contributed by atoms with Gasteiger partial charge in [0.05, 0.1) is 19.8 Å². The van der Waals surface area contributed by atoms with Crippen LogP contribution in [0.5, 0.6) is 0 Å². The predicted octanol–water partition coefficient (Wildman–Crippen LogP) is -3.01. The zero-order valence-corrected chi connectivity index (χ0v) is 15.1. The minimum atomic E-state index is -0.928. The van der Waals surface area contributed by atoms with Crippen LogP contribution in [-0.4, -0.2) is 122 Å². The van der Waals surface area contributed by atoms with Gasteiger partial charge in [-0.15, -0.1) is 0 Å². The average Bonchev–Trinajstić information content (AvgIpc) is 2.71. The van der Waals surface area contributed by atoms with E-state index >= 15 is 0 Å². The third-order valence-electron chi connectivity index (χ3n) is 4.06. The van der Waals surface area contributed by atoms with Crippen LogP contribution >= 0.6 is 0 Å². The molecule has 12 heteroatoms. The van der Waals surface area contributed by atoms with Crippen molar-refractivity contribution >= 4 is 25.3 Å². The fraction of sp³-hybridized carbons (Fsp3) is 0.733. The molecule has 0 aromatic carbocycles. The maximum atomic E-state index is 11.3. The molecule has 3 N–H and O–H groups in total. The molecule has 1 heterocycles. The normalized spacial score (nSPS) is 18.4. The van der Waals surface area contributed by atoms with Crippen LogP contribution in [0.2, 0.25) is 0 Å². The molecule has 0 aromatic rings. The number of carbonyl (C=O) groups excluding carboxylic acids is 3. The van der Waals surface area contributed by atoms with E-state index < -0.39 is 12.2 Å². The number of carboxylic acids is 1. The summed E-state index contributed by atoms with van der Waals surface area (Å²) in [6.07, 6.45) is -0.311. The molecule has 1 rings (SSSR count). The quantitative estimate of drug-likeness (QED) is 0.260. The Morgan fingerprint density at radius 1 is 1.04 bits per heavy atom. The van der Waals surface area contributed by atoms with Crippen molar-refractivity contribution in [3.8, 4) is 0 Å². The second-order valence-corrected chi connectivity index (χ2v) is 6.09. The van der Waals surface area contributed by atoms with Gasteiger partial charge < -0.3 is 19.5 Å². The first-order chi connectivity index (χ1) is 13.0. The first-order valence-corrected chi connectivity index (χ1v) is 8.46. The predicted molar refractivity (Wildman–Crippen MR) is 92.0 cm³/mol. The van der Waals surface area contributed by atoms with Crippen LogP contribution in [0.15, 0.2) is 0 Å². The molecule has 0 spiro atoms. The molecule has 154 valence electrons. The Morgan fingerprint density at radius 2 is 1.63 bits per heavy atom. The van der Waals surface area contributed by atoms with E-state index in [2.05, 4.69) is 4.74 Å². The zero-order chi connectivity index (χ0) is 20.1. The van der Waals surface area contributed by atoms with Gasteiger partial charge in [-0.1, -0.05) is 0 Å². The smallest absolute Gasteiger partial charge is 0.317 e. The van der Waals surface area contributed by atoms with Crippen LogP contribution in [0.25, 0.3) is 0 Å². The van der Waals surface area contributed by atoms with Crippen molar-refractivity contribution in [1.29, 1.82) is 0 Å². The van der Waals surface area contributed by atoms with Crippen molar-refractivity contribution in [3.05, 3.63) is 0 Å². The minimum Gasteiger partial charge on any atom is -0.480 e. The molecule has 1 atom stereocenters. The highest BCUT2D eigenvalue weighted by Crippen LogP contribution is 2.02. The van der Waals surface area contributed by atoms with E-state index in [9.17, 15) is 19.2 Å². The van der Waals surface area contributed by atoms with Gasteiger partial charge in [-0.25, -0.2) is 0 Å². The highest BCUT2D eigenvalue weighted by Gasteiger charge is 2.20. The summed E-state index contributed by atoms with van der Waals surface area (Å²) < 4.78 is 9.40. The number of aliphatic carboxylic acids is 1. The molecule has 1 aliphatic heterocycles. The second kappa shape index (κ2) is 13.0. The van der Waals surface area contributed by atoms with Gasteiger partial charge in [0.1, 0.15) is 6.73 Å². The van der Waals surface area contributed by atoms with E-state index in [0.717, 1.165) is 0 Å². The zero-order valence-electron chi connectivity index (χ0n) is 15.1. The summed E-state index contributed by atoms with van der Waals surface area (Å²) in [4.78, 5) is 50.1. The summed E-state index contributed by atoms with van der Waals surface area (Å²) in [5.74, 6) is -0.928. The molecule has 0 radical (unpaired) electrons. The Bertz CT molecular complexity index is 481. The molecule has 12 nitrogen and oxygen atoms in total. The van der Waals surface area contributed by atoms with Crippen LogP contribution < -0.4 is 5.73 Å². The van der Waals surface area contributed by atoms with Crippen LogP contribution in [0, 0.1) is 0 Å². The molecular weight excluding hydrogens is 362 g/mol. The first kappa shape index (κ1) is 22.8. The first-order valence-electron chi connectivity index (χ1n) is 8.46. The fourth-order valence-electron chi connectivity index (χ4n) is 2.68. The van der Waals surface area contributed by atoms with Crippen LogP contribution in [-0.2, 0) is 28.7 Å². The van der Waals surface area contributed by atoms with Gasteiger partial charge in [-0.2, -0.15) is 0 Å². The van der Waals surface area contributed by atoms with Crippen molar-refractivity contribution in [2.75, 3.05) is 65.8 Å². The standard InChI is InChI=1S/C15H27N5O7/c16-14(27-13-23)7-20(10-21)9-18-3-1-17(8-15(24)25)2-5-19(6-4-18)11-26-12-22/h10,12-14H,1-9,11,16H2,(H,24,25). The van der Waals surface area contributed by atoms with Crippen LogP contribution in [0.4, 0.5) is 0 Å². The van der Waals surface area contributed by atoms with Gasteiger partial charge in [0.25, 0.3) is 12.9 Å². The topological polar surface area (TPSA) is 146 Å². The molecule has 27 heavy (non-hydrogen) atoms. The molecule has 1 amide bonds. The molecule has 0 saturated carbocycles. The van der Waals surface area contributed by atoms with Crippen molar-refractivity contribution in [1.82, 2.24) is 19.6 Å². The molecule has 1 unspecified atom stereocenters. The molecule has 0 aromatic heterocycles. The van der Waals surface area contributed by atoms with E-state index in [1.807, 2.05) is 9.80 Å².